The van der Waals surface area contributed by atoms with Crippen LogP contribution in [-0.2, 0) is 17.6 Å². The molecule has 0 spiro atoms. The first-order valence-electron chi connectivity index (χ1n) is 12.8. The molecule has 1 aliphatic carbocycles. The molecule has 2 aliphatic rings. The third-order valence-corrected chi connectivity index (χ3v) is 7.63. The number of carbonyl (C=O) groups is 2. The number of piperazine rings is 1. The molecule has 35 heavy (non-hydrogen) atoms. The lowest BCUT2D eigenvalue weighted by Gasteiger charge is -2.39. The minimum Gasteiger partial charge on any atom is -0.449 e. The van der Waals surface area contributed by atoms with E-state index in [9.17, 15) is 9.59 Å². The van der Waals surface area contributed by atoms with Crippen molar-refractivity contribution < 1.29 is 14.3 Å². The molecule has 8 heteroatoms. The maximum atomic E-state index is 13.3. The van der Waals surface area contributed by atoms with Gasteiger partial charge in [0.05, 0.1) is 17.1 Å². The summed E-state index contributed by atoms with van der Waals surface area (Å²) in [6, 6.07) is 5.55. The number of halogens is 1. The van der Waals surface area contributed by atoms with Crippen molar-refractivity contribution in [3.63, 3.8) is 0 Å². The normalized spacial score (nSPS) is 20.3. The Morgan fingerprint density at radius 3 is 2.77 bits per heavy atom. The van der Waals surface area contributed by atoms with Crippen molar-refractivity contribution >= 4 is 34.5 Å². The number of fused-ring (bicyclic) bond motifs is 2. The summed E-state index contributed by atoms with van der Waals surface area (Å²) in [5.74, 6) is 0.567. The Kier molecular flexibility index (Phi) is 8.17. The first-order chi connectivity index (χ1) is 16.8. The van der Waals surface area contributed by atoms with Crippen LogP contribution < -0.4 is 0 Å². The second-order valence-electron chi connectivity index (χ2n) is 10.2. The van der Waals surface area contributed by atoms with Crippen LogP contribution in [0.4, 0.5) is 4.79 Å². The Bertz CT molecular complexity index is 1090. The number of nitrogens with zero attached hydrogens (tertiary/aromatic N) is 4. The molecule has 0 bridgehead atoms. The lowest BCUT2D eigenvalue weighted by Crippen LogP contribution is -2.55. The van der Waals surface area contributed by atoms with E-state index in [2.05, 4.69) is 19.0 Å². The molecular formula is C27H37ClN4O3. The van der Waals surface area contributed by atoms with Gasteiger partial charge in [-0.05, 0) is 83.3 Å². The van der Waals surface area contributed by atoms with Crippen molar-refractivity contribution in [2.24, 2.45) is 5.92 Å². The lowest BCUT2D eigenvalue weighted by molar-refractivity contribution is 0.0412. The van der Waals surface area contributed by atoms with Crippen molar-refractivity contribution in [1.82, 2.24) is 19.7 Å². The van der Waals surface area contributed by atoms with Gasteiger partial charge in [0.1, 0.15) is 0 Å². The molecular weight excluding hydrogens is 464 g/mol. The Hall–Kier alpha value is -2.38. The molecule has 2 heterocycles. The smallest absolute Gasteiger partial charge is 0.410 e. The average Bonchev–Trinajstić information content (AvgIpc) is 2.85. The minimum atomic E-state index is -0.301. The number of carbonyl (C=O) groups excluding carboxylic acids is 2. The van der Waals surface area contributed by atoms with Crippen LogP contribution in [0, 0.1) is 5.92 Å². The number of hydrogen-bond donors (Lipinski definition) is 0. The van der Waals surface area contributed by atoms with Gasteiger partial charge < -0.3 is 19.4 Å². The van der Waals surface area contributed by atoms with E-state index in [0.717, 1.165) is 60.3 Å². The van der Waals surface area contributed by atoms with Gasteiger partial charge in [-0.2, -0.15) is 0 Å². The van der Waals surface area contributed by atoms with Crippen LogP contribution in [0.3, 0.4) is 0 Å². The molecule has 1 fully saturated rings. The van der Waals surface area contributed by atoms with E-state index in [0.29, 0.717) is 37.7 Å². The van der Waals surface area contributed by atoms with E-state index in [4.69, 9.17) is 21.3 Å². The van der Waals surface area contributed by atoms with Gasteiger partial charge in [-0.25, -0.2) is 4.79 Å². The highest BCUT2D eigenvalue weighted by atomic mass is 35.5. The number of rotatable bonds is 6. The number of ether oxygens (including phenoxy) is 1. The van der Waals surface area contributed by atoms with Gasteiger partial charge in [-0.15, -0.1) is 0 Å². The third kappa shape index (κ3) is 5.72. The molecule has 2 aromatic rings. The first-order valence-corrected chi connectivity index (χ1v) is 13.1. The van der Waals surface area contributed by atoms with E-state index in [1.165, 1.54) is 5.56 Å². The predicted molar refractivity (Wildman–Crippen MR) is 139 cm³/mol. The zero-order chi connectivity index (χ0) is 25.1. The fourth-order valence-electron chi connectivity index (χ4n) is 5.15. The summed E-state index contributed by atoms with van der Waals surface area (Å²) >= 11 is 6.82. The highest BCUT2D eigenvalue weighted by molar-refractivity contribution is 6.36. The maximum absolute atomic E-state index is 13.3. The molecule has 1 aromatic heterocycles. The summed E-state index contributed by atoms with van der Waals surface area (Å²) in [4.78, 5) is 36.4. The Morgan fingerprint density at radius 2 is 2.06 bits per heavy atom. The fraction of sp³-hybridized carbons (Fsp3) is 0.593. The molecule has 7 nitrogen and oxygen atoms in total. The van der Waals surface area contributed by atoms with Gasteiger partial charge in [0, 0.05) is 42.3 Å². The van der Waals surface area contributed by atoms with E-state index in [-0.39, 0.29) is 18.0 Å². The van der Waals surface area contributed by atoms with Gasteiger partial charge >= 0.3 is 6.09 Å². The summed E-state index contributed by atoms with van der Waals surface area (Å²) in [7, 11) is 4.22. The quantitative estimate of drug-likeness (QED) is 0.578. The summed E-state index contributed by atoms with van der Waals surface area (Å²) in [5, 5.41) is 1.69. The summed E-state index contributed by atoms with van der Waals surface area (Å²) < 4.78 is 5.28. The van der Waals surface area contributed by atoms with Crippen molar-refractivity contribution in [3.05, 3.63) is 40.0 Å². The van der Waals surface area contributed by atoms with Crippen LogP contribution in [0.25, 0.3) is 10.9 Å². The van der Waals surface area contributed by atoms with E-state index in [1.807, 2.05) is 36.9 Å². The van der Waals surface area contributed by atoms with Crippen molar-refractivity contribution in [2.45, 2.75) is 52.0 Å². The number of hydrogen-bond acceptors (Lipinski definition) is 5. The van der Waals surface area contributed by atoms with Gasteiger partial charge in [-0.1, -0.05) is 24.6 Å². The first kappa shape index (κ1) is 25.7. The minimum absolute atomic E-state index is 0.0418. The van der Waals surface area contributed by atoms with Gasteiger partial charge in [0.2, 0.25) is 0 Å². The van der Waals surface area contributed by atoms with Gasteiger partial charge in [-0.3, -0.25) is 9.78 Å². The van der Waals surface area contributed by atoms with E-state index < -0.39 is 0 Å². The number of aromatic nitrogens is 1. The molecule has 0 radical (unpaired) electrons. The zero-order valence-electron chi connectivity index (χ0n) is 21.3. The second-order valence-corrected chi connectivity index (χ2v) is 10.6. The maximum Gasteiger partial charge on any atom is 0.410 e. The SMILES string of the molecule is CCCOC(=O)N1CCN(C(=O)c2ccc3c(Cl)c4c(nc3c2)CC(CCN(C)C)CC4)C[C@@H]1C. The van der Waals surface area contributed by atoms with E-state index >= 15 is 0 Å². The van der Waals surface area contributed by atoms with E-state index in [1.54, 1.807) is 4.90 Å². The largest absolute Gasteiger partial charge is 0.449 e. The Morgan fingerprint density at radius 1 is 1.26 bits per heavy atom. The molecule has 0 saturated carbocycles. The molecule has 1 aromatic carbocycles. The van der Waals surface area contributed by atoms with Gasteiger partial charge in [0.15, 0.2) is 0 Å². The summed E-state index contributed by atoms with van der Waals surface area (Å²) in [6.45, 7) is 6.83. The molecule has 2 atom stereocenters. The van der Waals surface area contributed by atoms with Crippen molar-refractivity contribution in [2.75, 3.05) is 46.9 Å². The van der Waals surface area contributed by atoms with Crippen LogP contribution in [0.5, 0.6) is 0 Å². The highest BCUT2D eigenvalue weighted by Gasteiger charge is 2.31. The molecule has 2 amide bonds. The van der Waals surface area contributed by atoms with Crippen LogP contribution in [0.1, 0.15) is 54.7 Å². The topological polar surface area (TPSA) is 66.0 Å². The molecule has 4 rings (SSSR count). The third-order valence-electron chi connectivity index (χ3n) is 7.20. The highest BCUT2D eigenvalue weighted by Crippen LogP contribution is 2.36. The molecule has 1 aliphatic heterocycles. The molecule has 1 saturated heterocycles. The Balaban J connectivity index is 1.49. The number of pyridine rings is 1. The average molecular weight is 501 g/mol. The molecule has 190 valence electrons. The van der Waals surface area contributed by atoms with Crippen LogP contribution in [0.15, 0.2) is 18.2 Å². The number of benzene rings is 1. The molecule has 1 unspecified atom stereocenters. The Labute approximate surface area is 213 Å². The summed E-state index contributed by atoms with van der Waals surface area (Å²) in [6.07, 6.45) is 4.67. The monoisotopic (exact) mass is 500 g/mol. The number of amides is 2. The lowest BCUT2D eigenvalue weighted by atomic mass is 9.84. The van der Waals surface area contributed by atoms with Gasteiger partial charge in [0.25, 0.3) is 5.91 Å². The second kappa shape index (κ2) is 11.1. The predicted octanol–water partition coefficient (Wildman–Crippen LogP) is 4.64. The van der Waals surface area contributed by atoms with Crippen molar-refractivity contribution in [3.8, 4) is 0 Å². The fourth-order valence-corrected chi connectivity index (χ4v) is 5.51. The molecule has 0 N–H and O–H groups in total. The van der Waals surface area contributed by atoms with Crippen LogP contribution in [0.2, 0.25) is 5.02 Å². The zero-order valence-corrected chi connectivity index (χ0v) is 22.1. The van der Waals surface area contributed by atoms with Crippen molar-refractivity contribution in [1.29, 1.82) is 0 Å². The van der Waals surface area contributed by atoms with Crippen LogP contribution >= 0.6 is 11.6 Å². The summed E-state index contributed by atoms with van der Waals surface area (Å²) in [5.41, 5.74) is 3.63. The standard InChI is InChI=1S/C27H37ClN4O3/c1-5-14-35-27(34)32-13-12-31(17-18(32)2)26(33)20-7-9-22-24(16-20)29-23-15-19(10-11-30(3)4)6-8-21(23)25(22)28/h7,9,16,18-19H,5-6,8,10-15,17H2,1-4H3/t18-,19?/m0/s1. The van der Waals surface area contributed by atoms with Crippen LogP contribution in [-0.4, -0.2) is 84.6 Å².